The molecule has 5 nitrogen and oxygen atoms in total. The molecule has 8 heteroatoms. The van der Waals surface area contributed by atoms with Crippen molar-refractivity contribution in [2.45, 2.75) is 35.9 Å². The highest BCUT2D eigenvalue weighted by Gasteiger charge is 2.71. The average Bonchev–Trinajstić information content (AvgIpc) is 2.57. The summed E-state index contributed by atoms with van der Waals surface area (Å²) in [5.74, 6) is -0.971. The molecule has 0 aromatic heterocycles. The first-order valence-corrected chi connectivity index (χ1v) is 11.2. The molecular weight excluding hydrogens is 394 g/mol. The summed E-state index contributed by atoms with van der Waals surface area (Å²) in [4.78, 5) is 25.3. The van der Waals surface area contributed by atoms with E-state index in [0.717, 1.165) is 9.80 Å². The molecule has 1 amide bonds. The zero-order chi connectivity index (χ0) is 19.3. The van der Waals surface area contributed by atoms with E-state index in [2.05, 4.69) is 0 Å². The number of hydrogen-bond donors (Lipinski definition) is 0. The van der Waals surface area contributed by atoms with Crippen molar-refractivity contribution < 1.29 is 18.0 Å². The molecule has 2 aliphatic rings. The number of hydrogen-bond acceptors (Lipinski definition) is 5. The SMILES string of the molecule is CC(C)(C)C(=O)[C@]1(Cl)C(=O)N2C=C(CSc3ccccc3)CS(=O)(=O)[C@H]21. The van der Waals surface area contributed by atoms with E-state index in [4.69, 9.17) is 11.6 Å². The quantitative estimate of drug-likeness (QED) is 0.328. The van der Waals surface area contributed by atoms with Crippen LogP contribution in [-0.4, -0.2) is 46.8 Å². The van der Waals surface area contributed by atoms with Gasteiger partial charge in [0.15, 0.2) is 21.0 Å². The second-order valence-corrected chi connectivity index (χ2v) is 11.3. The summed E-state index contributed by atoms with van der Waals surface area (Å²) < 4.78 is 25.6. The second kappa shape index (κ2) is 6.39. The zero-order valence-corrected chi connectivity index (χ0v) is 17.1. The fraction of sp³-hybridized carbons (Fsp3) is 0.444. The van der Waals surface area contributed by atoms with Gasteiger partial charge in [0, 0.05) is 22.3 Å². The minimum Gasteiger partial charge on any atom is -0.296 e. The Kier molecular flexibility index (Phi) is 4.78. The maximum atomic E-state index is 12.8. The van der Waals surface area contributed by atoms with E-state index >= 15 is 0 Å². The number of β-lactam (4-membered cyclic amide) rings is 1. The molecule has 0 spiro atoms. The summed E-state index contributed by atoms with van der Waals surface area (Å²) in [6.07, 6.45) is 1.54. The van der Waals surface area contributed by atoms with E-state index < -0.39 is 37.2 Å². The van der Waals surface area contributed by atoms with Crippen LogP contribution in [-0.2, 0) is 19.4 Å². The number of benzene rings is 1. The van der Waals surface area contributed by atoms with Gasteiger partial charge in [-0.25, -0.2) is 8.42 Å². The number of ketones is 1. The minimum absolute atomic E-state index is 0.201. The van der Waals surface area contributed by atoms with Crippen LogP contribution < -0.4 is 0 Å². The van der Waals surface area contributed by atoms with E-state index in [0.29, 0.717) is 11.3 Å². The van der Waals surface area contributed by atoms with Crippen molar-refractivity contribution in [1.82, 2.24) is 4.90 Å². The molecule has 0 saturated carbocycles. The fourth-order valence-corrected chi connectivity index (χ4v) is 7.13. The molecule has 1 fully saturated rings. The molecular formula is C18H20ClNO4S2. The zero-order valence-electron chi connectivity index (χ0n) is 14.7. The Labute approximate surface area is 162 Å². The smallest absolute Gasteiger partial charge is 0.259 e. The molecule has 0 bridgehead atoms. The lowest BCUT2D eigenvalue weighted by molar-refractivity contribution is -0.152. The maximum Gasteiger partial charge on any atom is 0.259 e. The Morgan fingerprint density at radius 3 is 2.50 bits per heavy atom. The Morgan fingerprint density at radius 1 is 1.31 bits per heavy atom. The van der Waals surface area contributed by atoms with Gasteiger partial charge >= 0.3 is 0 Å². The highest BCUT2D eigenvalue weighted by molar-refractivity contribution is 7.99. The van der Waals surface area contributed by atoms with E-state index in [-0.39, 0.29) is 5.75 Å². The molecule has 1 aromatic carbocycles. The van der Waals surface area contributed by atoms with Crippen LogP contribution in [0.25, 0.3) is 0 Å². The summed E-state index contributed by atoms with van der Waals surface area (Å²) in [5.41, 5.74) is -0.294. The van der Waals surface area contributed by atoms with Crippen LogP contribution in [0.1, 0.15) is 20.8 Å². The summed E-state index contributed by atoms with van der Waals surface area (Å²) in [6, 6.07) is 9.59. The summed E-state index contributed by atoms with van der Waals surface area (Å²) in [5, 5.41) is -1.32. The number of Topliss-reactive ketones (excluding diaryl/α,β-unsaturated/α-hetero) is 1. The third kappa shape index (κ3) is 3.10. The maximum absolute atomic E-state index is 12.8. The molecule has 2 heterocycles. The van der Waals surface area contributed by atoms with Crippen LogP contribution in [0.3, 0.4) is 0 Å². The number of carbonyl (C=O) groups excluding carboxylic acids is 2. The average molecular weight is 414 g/mol. The highest BCUT2D eigenvalue weighted by Crippen LogP contribution is 2.47. The molecule has 0 aliphatic carbocycles. The van der Waals surface area contributed by atoms with E-state index in [1.54, 1.807) is 27.0 Å². The summed E-state index contributed by atoms with van der Waals surface area (Å²) in [7, 11) is -3.75. The van der Waals surface area contributed by atoms with Crippen LogP contribution in [0, 0.1) is 5.41 Å². The predicted octanol–water partition coefficient (Wildman–Crippen LogP) is 2.85. The molecule has 26 heavy (non-hydrogen) atoms. The topological polar surface area (TPSA) is 71.5 Å². The minimum atomic E-state index is -3.75. The number of fused-ring (bicyclic) bond motifs is 1. The van der Waals surface area contributed by atoms with Crippen molar-refractivity contribution in [3.63, 3.8) is 0 Å². The second-order valence-electron chi connectivity index (χ2n) is 7.55. The first kappa shape index (κ1) is 19.5. The van der Waals surface area contributed by atoms with Crippen LogP contribution in [0.2, 0.25) is 0 Å². The number of thioether (sulfide) groups is 1. The van der Waals surface area contributed by atoms with Gasteiger partial charge in [-0.1, -0.05) is 50.6 Å². The number of alkyl halides is 1. The lowest BCUT2D eigenvalue weighted by Gasteiger charge is -2.52. The number of halogens is 1. The van der Waals surface area contributed by atoms with Gasteiger partial charge in [-0.2, -0.15) is 0 Å². The number of rotatable bonds is 4. The molecule has 2 aliphatic heterocycles. The molecule has 0 N–H and O–H groups in total. The fourth-order valence-electron chi connectivity index (χ4n) is 3.17. The van der Waals surface area contributed by atoms with Crippen molar-refractivity contribution in [3.05, 3.63) is 42.1 Å². The van der Waals surface area contributed by atoms with Gasteiger partial charge in [0.1, 0.15) is 0 Å². The number of amides is 1. The van der Waals surface area contributed by atoms with Crippen molar-refractivity contribution in [3.8, 4) is 0 Å². The van der Waals surface area contributed by atoms with Crippen molar-refractivity contribution in [2.24, 2.45) is 5.41 Å². The van der Waals surface area contributed by atoms with Gasteiger partial charge in [-0.15, -0.1) is 11.8 Å². The van der Waals surface area contributed by atoms with Gasteiger partial charge in [0.2, 0.25) is 4.87 Å². The molecule has 2 atom stereocenters. The van der Waals surface area contributed by atoms with Crippen LogP contribution >= 0.6 is 23.4 Å². The van der Waals surface area contributed by atoms with Gasteiger partial charge in [0.25, 0.3) is 5.91 Å². The summed E-state index contributed by atoms with van der Waals surface area (Å²) >= 11 is 7.81. The summed E-state index contributed by atoms with van der Waals surface area (Å²) in [6.45, 7) is 4.88. The number of nitrogens with zero attached hydrogens (tertiary/aromatic N) is 1. The molecule has 3 rings (SSSR count). The van der Waals surface area contributed by atoms with Gasteiger partial charge in [-0.05, 0) is 17.7 Å². The number of carbonyl (C=O) groups is 2. The molecule has 0 radical (unpaired) electrons. The van der Waals surface area contributed by atoms with E-state index in [1.165, 1.54) is 11.8 Å². The van der Waals surface area contributed by atoms with Gasteiger partial charge in [-0.3, -0.25) is 14.5 Å². The Balaban J connectivity index is 1.85. The molecule has 1 saturated heterocycles. The molecule has 0 unspecified atom stereocenters. The molecule has 140 valence electrons. The monoisotopic (exact) mass is 413 g/mol. The Bertz CT molecular complexity index is 890. The third-order valence-corrected chi connectivity index (χ3v) is 8.19. The Hall–Kier alpha value is -1.31. The molecule has 1 aromatic rings. The Morgan fingerprint density at radius 2 is 1.92 bits per heavy atom. The van der Waals surface area contributed by atoms with E-state index in [1.807, 2.05) is 30.3 Å². The van der Waals surface area contributed by atoms with Crippen molar-refractivity contribution >= 4 is 44.9 Å². The third-order valence-electron chi connectivity index (χ3n) is 4.37. The van der Waals surface area contributed by atoms with Crippen LogP contribution in [0.15, 0.2) is 47.0 Å². The number of sulfone groups is 1. The van der Waals surface area contributed by atoms with Crippen LogP contribution in [0.4, 0.5) is 0 Å². The van der Waals surface area contributed by atoms with E-state index in [9.17, 15) is 18.0 Å². The largest absolute Gasteiger partial charge is 0.296 e. The van der Waals surface area contributed by atoms with Gasteiger partial charge in [0.05, 0.1) is 5.75 Å². The first-order chi connectivity index (χ1) is 12.0. The van der Waals surface area contributed by atoms with Crippen LogP contribution in [0.5, 0.6) is 0 Å². The normalized spacial score (nSPS) is 27.4. The first-order valence-electron chi connectivity index (χ1n) is 8.13. The van der Waals surface area contributed by atoms with Crippen molar-refractivity contribution in [1.29, 1.82) is 0 Å². The standard InChI is InChI=1S/C18H20ClNO4S2/c1-17(2,3)14(21)18(19)15(22)20-9-12(11-26(23,24)16(18)20)10-25-13-7-5-4-6-8-13/h4-9,16H,10-11H2,1-3H3/t16-,18-/m0/s1. The van der Waals surface area contributed by atoms with Gasteiger partial charge < -0.3 is 0 Å². The highest BCUT2D eigenvalue weighted by atomic mass is 35.5. The lowest BCUT2D eigenvalue weighted by atomic mass is 9.78. The predicted molar refractivity (Wildman–Crippen MR) is 103 cm³/mol. The van der Waals surface area contributed by atoms with Crippen molar-refractivity contribution in [2.75, 3.05) is 11.5 Å². The lowest BCUT2D eigenvalue weighted by Crippen LogP contribution is -2.77.